The average Bonchev–Trinajstić information content (AvgIpc) is 2.57. The van der Waals surface area contributed by atoms with Gasteiger partial charge in [0.1, 0.15) is 5.54 Å². The molecule has 0 aromatic heterocycles. The summed E-state index contributed by atoms with van der Waals surface area (Å²) in [5.41, 5.74) is 1.67. The second-order valence-corrected chi connectivity index (χ2v) is 6.32. The van der Waals surface area contributed by atoms with Gasteiger partial charge in [-0.1, -0.05) is 60.5 Å². The number of hydrogen-bond acceptors (Lipinski definition) is 2. The average molecular weight is 350 g/mol. The van der Waals surface area contributed by atoms with Crippen LogP contribution in [-0.2, 0) is 16.9 Å². The van der Waals surface area contributed by atoms with Gasteiger partial charge in [-0.25, -0.2) is 0 Å². The molecule has 0 spiro atoms. The zero-order valence-electron chi connectivity index (χ0n) is 12.9. The first-order valence-corrected chi connectivity index (χ1v) is 8.17. The molecule has 122 valence electrons. The van der Waals surface area contributed by atoms with Crippen molar-refractivity contribution in [3.05, 3.63) is 70.7 Å². The summed E-state index contributed by atoms with van der Waals surface area (Å²) in [7, 11) is 0. The molecule has 2 nitrogen and oxygen atoms in total. The van der Waals surface area contributed by atoms with Gasteiger partial charge in [0.15, 0.2) is 5.78 Å². The fraction of sp³-hybridized carbons (Fsp3) is 0.316. The van der Waals surface area contributed by atoms with E-state index in [1.807, 2.05) is 42.5 Å². The lowest BCUT2D eigenvalue weighted by molar-refractivity contribution is -0.128. The van der Waals surface area contributed by atoms with E-state index in [2.05, 4.69) is 17.4 Å². The number of nitrogens with one attached hydrogen (secondary N) is 1. The molecule has 0 bridgehead atoms. The molecule has 0 saturated heterocycles. The van der Waals surface area contributed by atoms with E-state index in [1.54, 1.807) is 0 Å². The Hall–Kier alpha value is -1.35. The van der Waals surface area contributed by atoms with Crippen LogP contribution in [-0.4, -0.2) is 5.78 Å². The summed E-state index contributed by atoms with van der Waals surface area (Å²) in [5, 5.41) is 4.28. The lowest BCUT2D eigenvalue weighted by Gasteiger charge is -2.37. The molecule has 1 atom stereocenters. The number of carbonyl (C=O) groups is 1. The Morgan fingerprint density at radius 1 is 1.00 bits per heavy atom. The molecule has 1 aliphatic carbocycles. The highest BCUT2D eigenvalue weighted by molar-refractivity contribution is 6.30. The second kappa shape index (κ2) is 7.96. The second-order valence-electron chi connectivity index (χ2n) is 5.88. The number of rotatable bonds is 4. The summed E-state index contributed by atoms with van der Waals surface area (Å²) in [4.78, 5) is 12.7. The van der Waals surface area contributed by atoms with Gasteiger partial charge in [0.05, 0.1) is 0 Å². The van der Waals surface area contributed by atoms with E-state index in [-0.39, 0.29) is 12.4 Å². The van der Waals surface area contributed by atoms with Crippen LogP contribution in [0.25, 0.3) is 0 Å². The number of carbonyl (C=O) groups excluding carboxylic acids is 1. The molecule has 2 aromatic carbocycles. The molecule has 0 aliphatic heterocycles. The van der Waals surface area contributed by atoms with E-state index in [9.17, 15) is 4.79 Å². The maximum atomic E-state index is 12.7. The Labute approximate surface area is 148 Å². The van der Waals surface area contributed by atoms with Crippen LogP contribution in [0.5, 0.6) is 0 Å². The van der Waals surface area contributed by atoms with E-state index in [0.717, 1.165) is 35.4 Å². The largest absolute Gasteiger partial charge is 0.297 e. The summed E-state index contributed by atoms with van der Waals surface area (Å²) in [5.74, 6) is 0.305. The van der Waals surface area contributed by atoms with Gasteiger partial charge < -0.3 is 0 Å². The Bertz CT molecular complexity index is 642. The van der Waals surface area contributed by atoms with Crippen LogP contribution in [0.4, 0.5) is 0 Å². The van der Waals surface area contributed by atoms with Gasteiger partial charge in [0, 0.05) is 18.0 Å². The Morgan fingerprint density at radius 3 is 2.35 bits per heavy atom. The van der Waals surface area contributed by atoms with Gasteiger partial charge >= 0.3 is 0 Å². The summed E-state index contributed by atoms with van der Waals surface area (Å²) in [6.45, 7) is 0.664. The topological polar surface area (TPSA) is 29.1 Å². The molecule has 0 radical (unpaired) electrons. The molecule has 0 amide bonds. The Kier molecular flexibility index (Phi) is 6.23. The molecule has 23 heavy (non-hydrogen) atoms. The van der Waals surface area contributed by atoms with Crippen molar-refractivity contribution in [2.75, 3.05) is 0 Å². The maximum absolute atomic E-state index is 12.7. The van der Waals surface area contributed by atoms with Crippen LogP contribution in [0.2, 0.25) is 5.02 Å². The van der Waals surface area contributed by atoms with Crippen molar-refractivity contribution in [1.82, 2.24) is 5.32 Å². The van der Waals surface area contributed by atoms with E-state index < -0.39 is 5.54 Å². The quantitative estimate of drug-likeness (QED) is 0.851. The lowest BCUT2D eigenvalue weighted by Crippen LogP contribution is -2.50. The van der Waals surface area contributed by atoms with Crippen LogP contribution in [0, 0.1) is 0 Å². The van der Waals surface area contributed by atoms with Crippen molar-refractivity contribution < 1.29 is 4.79 Å². The fourth-order valence-corrected chi connectivity index (χ4v) is 3.33. The number of halogens is 2. The number of ketones is 1. The third-order valence-electron chi connectivity index (χ3n) is 4.46. The highest BCUT2D eigenvalue weighted by atomic mass is 35.5. The molecule has 1 N–H and O–H groups in total. The maximum Gasteiger partial charge on any atom is 0.157 e. The molecular weight excluding hydrogens is 329 g/mol. The number of hydrogen-bond donors (Lipinski definition) is 1. The molecule has 0 heterocycles. The first kappa shape index (κ1) is 18.0. The van der Waals surface area contributed by atoms with Crippen LogP contribution in [0.3, 0.4) is 0 Å². The van der Waals surface area contributed by atoms with Crippen LogP contribution in [0.15, 0.2) is 54.6 Å². The molecule has 1 aliphatic rings. The fourth-order valence-electron chi connectivity index (χ4n) is 3.20. The van der Waals surface area contributed by atoms with E-state index in [1.165, 1.54) is 0 Å². The van der Waals surface area contributed by atoms with E-state index in [4.69, 9.17) is 11.6 Å². The molecule has 4 heteroatoms. The van der Waals surface area contributed by atoms with Gasteiger partial charge in [0.25, 0.3) is 0 Å². The van der Waals surface area contributed by atoms with Crippen LogP contribution >= 0.6 is 24.0 Å². The Morgan fingerprint density at radius 2 is 1.70 bits per heavy atom. The van der Waals surface area contributed by atoms with E-state index >= 15 is 0 Å². The molecule has 1 saturated carbocycles. The van der Waals surface area contributed by atoms with Crippen molar-refractivity contribution >= 4 is 29.8 Å². The smallest absolute Gasteiger partial charge is 0.157 e. The summed E-state index contributed by atoms with van der Waals surface area (Å²) >= 11 is 5.93. The molecular formula is C19H21Cl2NO. The van der Waals surface area contributed by atoms with Gasteiger partial charge in [-0.05, 0) is 36.1 Å². The van der Waals surface area contributed by atoms with Crippen molar-refractivity contribution in [2.45, 2.75) is 37.8 Å². The first-order valence-electron chi connectivity index (χ1n) is 7.79. The van der Waals surface area contributed by atoms with Gasteiger partial charge in [-0.2, -0.15) is 0 Å². The van der Waals surface area contributed by atoms with Crippen molar-refractivity contribution in [3.8, 4) is 0 Å². The molecule has 2 aromatic rings. The van der Waals surface area contributed by atoms with Crippen molar-refractivity contribution in [2.24, 2.45) is 0 Å². The summed E-state index contributed by atoms with van der Waals surface area (Å²) in [6, 6.07) is 17.9. The normalized spacial score (nSPS) is 20.8. The zero-order valence-corrected chi connectivity index (χ0v) is 14.5. The molecule has 1 unspecified atom stereocenters. The minimum atomic E-state index is -0.543. The minimum absolute atomic E-state index is 0. The predicted molar refractivity (Wildman–Crippen MR) is 97.1 cm³/mol. The van der Waals surface area contributed by atoms with Crippen LogP contribution in [0.1, 0.15) is 36.8 Å². The van der Waals surface area contributed by atoms with E-state index in [0.29, 0.717) is 18.7 Å². The zero-order chi connectivity index (χ0) is 15.4. The SMILES string of the molecule is Cl.O=C1CCCCC1(NCc1ccc(Cl)cc1)c1ccccc1. The monoisotopic (exact) mass is 349 g/mol. The summed E-state index contributed by atoms with van der Waals surface area (Å²) < 4.78 is 0. The van der Waals surface area contributed by atoms with Crippen molar-refractivity contribution in [3.63, 3.8) is 0 Å². The third-order valence-corrected chi connectivity index (χ3v) is 4.71. The highest BCUT2D eigenvalue weighted by Gasteiger charge is 2.40. The van der Waals surface area contributed by atoms with Gasteiger partial charge in [-0.15, -0.1) is 12.4 Å². The van der Waals surface area contributed by atoms with Crippen LogP contribution < -0.4 is 5.32 Å². The van der Waals surface area contributed by atoms with Crippen molar-refractivity contribution in [1.29, 1.82) is 0 Å². The number of benzene rings is 2. The molecule has 3 rings (SSSR count). The number of Topliss-reactive ketones (excluding diaryl/α,β-unsaturated/α-hetero) is 1. The Balaban J connectivity index is 0.00000192. The summed E-state index contributed by atoms with van der Waals surface area (Å²) in [6.07, 6.45) is 3.59. The standard InChI is InChI=1S/C19H20ClNO.ClH/c20-17-11-9-15(10-12-17)14-21-19(13-5-4-8-18(19)22)16-6-2-1-3-7-16;/h1-3,6-7,9-12,21H,4-5,8,13-14H2;1H. The molecule has 1 fully saturated rings. The minimum Gasteiger partial charge on any atom is -0.297 e. The third kappa shape index (κ3) is 3.95. The predicted octanol–water partition coefficient (Wildman–Crippen LogP) is 4.89. The van der Waals surface area contributed by atoms with Gasteiger partial charge in [0.2, 0.25) is 0 Å². The first-order chi connectivity index (χ1) is 10.7. The highest BCUT2D eigenvalue weighted by Crippen LogP contribution is 2.34. The lowest BCUT2D eigenvalue weighted by atomic mass is 9.75. The van der Waals surface area contributed by atoms with Gasteiger partial charge in [-0.3, -0.25) is 10.1 Å².